The van der Waals surface area contributed by atoms with Gasteiger partial charge in [0.15, 0.2) is 6.23 Å². The molecule has 1 aromatic heterocycles. The molecule has 4 amide bonds. The summed E-state index contributed by atoms with van der Waals surface area (Å²) in [6.07, 6.45) is 1.54. The van der Waals surface area contributed by atoms with Crippen LogP contribution < -0.4 is 16.2 Å². The van der Waals surface area contributed by atoms with Gasteiger partial charge in [-0.2, -0.15) is 5.10 Å². The highest BCUT2D eigenvalue weighted by Gasteiger charge is 2.45. The molecular weight excluding hydrogens is 720 g/mol. The number of halogens is 1. The van der Waals surface area contributed by atoms with E-state index in [1.807, 2.05) is 35.2 Å². The Labute approximate surface area is 303 Å². The van der Waals surface area contributed by atoms with E-state index in [1.165, 1.54) is 9.58 Å². The van der Waals surface area contributed by atoms with Gasteiger partial charge in [-0.15, -0.1) is 0 Å². The lowest BCUT2D eigenvalue weighted by Gasteiger charge is -2.37. The molecule has 268 valence electrons. The fraction of sp³-hybridized carbons (Fsp3) is 0.444. The number of likely N-dealkylation sites (tertiary alicyclic amines) is 1. The highest BCUT2D eigenvalue weighted by molar-refractivity contribution is 9.10. The number of carbonyl (C=O) groups excluding carboxylic acids is 4. The van der Waals surface area contributed by atoms with Crippen LogP contribution in [0.1, 0.15) is 68.8 Å². The second-order valence-corrected chi connectivity index (χ2v) is 14.7. The second kappa shape index (κ2) is 14.3. The van der Waals surface area contributed by atoms with Crippen LogP contribution in [-0.4, -0.2) is 117 Å². The summed E-state index contributed by atoms with van der Waals surface area (Å²) < 4.78 is 1.76. The monoisotopic (exact) mass is 760 g/mol. The number of aliphatic hydroxyl groups is 1. The third-order valence-corrected chi connectivity index (χ3v) is 11.2. The number of imide groups is 1. The van der Waals surface area contributed by atoms with Crippen molar-refractivity contribution in [1.29, 1.82) is 0 Å². The van der Waals surface area contributed by atoms with Gasteiger partial charge in [-0.25, -0.2) is 4.68 Å². The zero-order valence-corrected chi connectivity index (χ0v) is 30.1. The molecule has 4 aliphatic heterocycles. The molecule has 51 heavy (non-hydrogen) atoms. The number of anilines is 1. The van der Waals surface area contributed by atoms with E-state index >= 15 is 0 Å². The van der Waals surface area contributed by atoms with E-state index in [1.54, 1.807) is 25.4 Å². The van der Waals surface area contributed by atoms with E-state index in [2.05, 4.69) is 48.5 Å². The maximum absolute atomic E-state index is 13.6. The third-order valence-electron chi connectivity index (χ3n) is 10.5. The summed E-state index contributed by atoms with van der Waals surface area (Å²) in [5.74, 6) is -1.15. The first-order valence-corrected chi connectivity index (χ1v) is 18.0. The van der Waals surface area contributed by atoms with E-state index < -0.39 is 24.1 Å². The Morgan fingerprint density at radius 2 is 1.76 bits per heavy atom. The lowest BCUT2D eigenvalue weighted by atomic mass is 9.87. The van der Waals surface area contributed by atoms with Gasteiger partial charge in [0.1, 0.15) is 10.5 Å². The van der Waals surface area contributed by atoms with Gasteiger partial charge in [0.2, 0.25) is 11.8 Å². The summed E-state index contributed by atoms with van der Waals surface area (Å²) in [5, 5.41) is 20.9. The minimum Gasteiger partial charge on any atom is -0.379 e. The maximum Gasteiger partial charge on any atom is 0.282 e. The molecule has 0 aliphatic carbocycles. The van der Waals surface area contributed by atoms with Crippen LogP contribution in [0.15, 0.2) is 57.9 Å². The maximum atomic E-state index is 13.6. The summed E-state index contributed by atoms with van der Waals surface area (Å²) in [4.78, 5) is 71.1. The molecule has 5 heterocycles. The number of aromatic nitrogens is 2. The normalized spacial score (nSPS) is 24.4. The summed E-state index contributed by atoms with van der Waals surface area (Å²) in [6, 6.07) is 12.4. The minimum atomic E-state index is -1.26. The minimum absolute atomic E-state index is 0.0247. The third kappa shape index (κ3) is 6.95. The van der Waals surface area contributed by atoms with Crippen LogP contribution in [0.3, 0.4) is 0 Å². The molecule has 0 saturated carbocycles. The zero-order chi connectivity index (χ0) is 36.0. The van der Waals surface area contributed by atoms with E-state index in [0.29, 0.717) is 59.6 Å². The number of hydrogen-bond donors (Lipinski definition) is 3. The number of hydrogen-bond acceptors (Lipinski definition) is 10. The van der Waals surface area contributed by atoms with Crippen molar-refractivity contribution in [2.75, 3.05) is 51.6 Å². The van der Waals surface area contributed by atoms with Crippen LogP contribution in [0.4, 0.5) is 5.69 Å². The van der Waals surface area contributed by atoms with E-state index in [9.17, 15) is 29.1 Å². The molecule has 0 radical (unpaired) electrons. The van der Waals surface area contributed by atoms with E-state index in [-0.39, 0.29) is 42.2 Å². The Bertz CT molecular complexity index is 1930. The van der Waals surface area contributed by atoms with Crippen molar-refractivity contribution in [3.05, 3.63) is 91.3 Å². The van der Waals surface area contributed by atoms with Crippen molar-refractivity contribution >= 4 is 45.2 Å². The van der Waals surface area contributed by atoms with Crippen molar-refractivity contribution in [1.82, 2.24) is 34.7 Å². The van der Waals surface area contributed by atoms with Gasteiger partial charge in [-0.1, -0.05) is 30.3 Å². The Kier molecular flexibility index (Phi) is 9.80. The Hall–Kier alpha value is -4.44. The Balaban J connectivity index is 0.950. The van der Waals surface area contributed by atoms with Gasteiger partial charge in [0.05, 0.1) is 17.4 Å². The second-order valence-electron chi connectivity index (χ2n) is 13.9. The number of benzene rings is 2. The van der Waals surface area contributed by atoms with Gasteiger partial charge in [-0.05, 0) is 65.0 Å². The van der Waals surface area contributed by atoms with Crippen LogP contribution in [-0.2, 0) is 23.2 Å². The van der Waals surface area contributed by atoms with Crippen molar-refractivity contribution < 1.29 is 24.3 Å². The Morgan fingerprint density at radius 1 is 1.02 bits per heavy atom. The average Bonchev–Trinajstić information content (AvgIpc) is 3.38. The lowest BCUT2D eigenvalue weighted by Crippen LogP contribution is -2.53. The number of aliphatic hydroxyl groups excluding tert-OH is 1. The number of fused-ring (bicyclic) bond motifs is 1. The number of nitrogens with one attached hydrogen (secondary N) is 2. The van der Waals surface area contributed by atoms with Crippen LogP contribution in [0, 0.1) is 0 Å². The van der Waals surface area contributed by atoms with Gasteiger partial charge in [0, 0.05) is 76.5 Å². The molecule has 7 rings (SSSR count). The molecule has 15 heteroatoms. The number of amides is 4. The van der Waals surface area contributed by atoms with Gasteiger partial charge >= 0.3 is 0 Å². The van der Waals surface area contributed by atoms with Crippen LogP contribution >= 0.6 is 15.9 Å². The van der Waals surface area contributed by atoms with Gasteiger partial charge in [-0.3, -0.25) is 39.1 Å². The molecule has 0 bridgehead atoms. The first-order valence-electron chi connectivity index (χ1n) is 17.2. The molecular formula is C36H41BrN8O6. The number of carbonyl (C=O) groups is 4. The van der Waals surface area contributed by atoms with Crippen LogP contribution in [0.5, 0.6) is 0 Å². The molecule has 3 N–H and O–H groups in total. The average molecular weight is 762 g/mol. The fourth-order valence-electron chi connectivity index (χ4n) is 7.80. The molecule has 4 atom stereocenters. The van der Waals surface area contributed by atoms with Crippen molar-refractivity contribution in [3.8, 4) is 0 Å². The number of likely N-dealkylation sites (N-methyl/N-ethyl adjacent to an activating group) is 1. The van der Waals surface area contributed by atoms with Crippen molar-refractivity contribution in [2.45, 2.75) is 50.0 Å². The highest BCUT2D eigenvalue weighted by Crippen LogP contribution is 2.37. The van der Waals surface area contributed by atoms with Crippen LogP contribution in [0.25, 0.3) is 0 Å². The number of rotatable bonds is 7. The number of nitrogens with zero attached hydrogens (tertiary/aromatic N) is 6. The zero-order valence-electron chi connectivity index (χ0n) is 28.5. The first-order chi connectivity index (χ1) is 24.5. The lowest BCUT2D eigenvalue weighted by molar-refractivity contribution is -0.139. The van der Waals surface area contributed by atoms with Crippen molar-refractivity contribution in [3.63, 3.8) is 0 Å². The molecule has 3 fully saturated rings. The summed E-state index contributed by atoms with van der Waals surface area (Å²) in [7, 11) is 3.70. The molecule has 14 nitrogen and oxygen atoms in total. The van der Waals surface area contributed by atoms with Crippen molar-refractivity contribution in [2.24, 2.45) is 7.05 Å². The van der Waals surface area contributed by atoms with Gasteiger partial charge in [0.25, 0.3) is 17.4 Å². The largest absolute Gasteiger partial charge is 0.379 e. The van der Waals surface area contributed by atoms with Crippen LogP contribution in [0.2, 0.25) is 0 Å². The number of aryl methyl sites for hydroxylation is 1. The predicted molar refractivity (Wildman–Crippen MR) is 191 cm³/mol. The first kappa shape index (κ1) is 35.0. The molecule has 0 spiro atoms. The number of piperidine rings is 2. The fourth-order valence-corrected chi connectivity index (χ4v) is 8.28. The predicted octanol–water partition coefficient (Wildman–Crippen LogP) is 1.65. The standard InChI is InChI=1S/C36H41BrN8O6/c1-41-18-24(16-25(20-41)39-27-17-38-42(2)36(51)31(27)37)21-6-8-22(9-7-21)33(48)44-14-12-43(13-15-44)19-23-4-3-5-26-30(23)35(50)45(34(26)49)28-10-11-29(46)40-32(28)47/h3-9,17,24-25,28,34,39,49H,10-16,18-20H2,1-2H3,(H,40,46,47)/t24-,25+,28?,34?/m1/s1. The quantitative estimate of drug-likeness (QED) is 0.303. The van der Waals surface area contributed by atoms with Gasteiger partial charge < -0.3 is 20.2 Å². The van der Waals surface area contributed by atoms with E-state index in [0.717, 1.165) is 30.6 Å². The van der Waals surface area contributed by atoms with E-state index in [4.69, 9.17) is 0 Å². The Morgan fingerprint density at radius 3 is 2.49 bits per heavy atom. The molecule has 2 unspecified atom stereocenters. The molecule has 3 aromatic rings. The SMILES string of the molecule is CN1C[C@@H](Nc2cnn(C)c(=O)c2Br)C[C@@H](c2ccc(C(=O)N3CCN(Cc4cccc5c4C(=O)N(C4CCC(=O)NC4=O)C5O)CC3)cc2)C1. The summed E-state index contributed by atoms with van der Waals surface area (Å²) in [5.41, 5.74) is 3.88. The molecule has 4 aliphatic rings. The summed E-state index contributed by atoms with van der Waals surface area (Å²) in [6.45, 7) is 4.46. The smallest absolute Gasteiger partial charge is 0.282 e. The highest BCUT2D eigenvalue weighted by atomic mass is 79.9. The molecule has 3 saturated heterocycles. The topological polar surface area (TPSA) is 160 Å². The molecule has 2 aromatic carbocycles. The summed E-state index contributed by atoms with van der Waals surface area (Å²) >= 11 is 3.41. The number of piperazine rings is 1.